The van der Waals surface area contributed by atoms with Crippen molar-refractivity contribution in [3.63, 3.8) is 0 Å². The third-order valence-electron chi connectivity index (χ3n) is 7.99. The van der Waals surface area contributed by atoms with E-state index in [0.29, 0.717) is 0 Å². The molecule has 0 radical (unpaired) electrons. The number of allylic oxidation sites excluding steroid dienone is 4. The Labute approximate surface area is 230 Å². The fraction of sp³-hybridized carbons (Fsp3) is 0.105. The van der Waals surface area contributed by atoms with Crippen molar-refractivity contribution >= 4 is 39.9 Å². The maximum Gasteiger partial charge on any atom is 0.0490 e. The fourth-order valence-corrected chi connectivity index (χ4v) is 5.88. The van der Waals surface area contributed by atoms with Gasteiger partial charge in [-0.3, -0.25) is 0 Å². The molecule has 0 N–H and O–H groups in total. The molecule has 0 saturated heterocycles. The fourth-order valence-electron chi connectivity index (χ4n) is 5.88. The van der Waals surface area contributed by atoms with Crippen molar-refractivity contribution in [3.05, 3.63) is 149 Å². The molecule has 188 valence electrons. The van der Waals surface area contributed by atoms with E-state index in [1.54, 1.807) is 0 Å². The molecule has 1 heteroatoms. The summed E-state index contributed by atoms with van der Waals surface area (Å²) in [6.07, 6.45) is 14.6. The minimum atomic E-state index is 0.924. The topological polar surface area (TPSA) is 3.24 Å². The van der Waals surface area contributed by atoms with E-state index in [0.717, 1.165) is 25.8 Å². The molecule has 0 aromatic heterocycles. The van der Waals surface area contributed by atoms with Crippen LogP contribution in [0.4, 0.5) is 11.4 Å². The summed E-state index contributed by atoms with van der Waals surface area (Å²) in [5.74, 6) is 0. The van der Waals surface area contributed by atoms with Crippen molar-refractivity contribution < 1.29 is 0 Å². The average Bonchev–Trinajstić information content (AvgIpc) is 3.08. The number of nitrogens with zero attached hydrogens (tertiary/aromatic N) is 1. The third-order valence-corrected chi connectivity index (χ3v) is 7.99. The van der Waals surface area contributed by atoms with Crippen LogP contribution in [0.15, 0.2) is 127 Å². The van der Waals surface area contributed by atoms with Crippen LogP contribution < -0.4 is 15.3 Å². The van der Waals surface area contributed by atoms with Gasteiger partial charge in [-0.2, -0.15) is 0 Å². The summed E-state index contributed by atoms with van der Waals surface area (Å²) < 4.78 is 0. The zero-order chi connectivity index (χ0) is 26.0. The predicted octanol–water partition coefficient (Wildman–Crippen LogP) is 8.39. The van der Waals surface area contributed by atoms with Crippen LogP contribution >= 0.6 is 0 Å². The first-order valence-corrected chi connectivity index (χ1v) is 14.0. The molecule has 0 atom stereocenters. The molecular formula is C38H31N. The summed E-state index contributed by atoms with van der Waals surface area (Å²) >= 11 is 0. The van der Waals surface area contributed by atoms with Gasteiger partial charge in [0.05, 0.1) is 0 Å². The maximum atomic E-state index is 2.50. The molecule has 0 fully saturated rings. The maximum absolute atomic E-state index is 2.50. The van der Waals surface area contributed by atoms with Gasteiger partial charge in [-0.1, -0.05) is 109 Å². The zero-order valence-electron chi connectivity index (χ0n) is 22.1. The van der Waals surface area contributed by atoms with Gasteiger partial charge in [-0.05, 0) is 98.6 Å². The first-order chi connectivity index (χ1) is 19.3. The van der Waals surface area contributed by atoms with Crippen molar-refractivity contribution in [2.75, 3.05) is 11.4 Å². The molecule has 0 amide bonds. The van der Waals surface area contributed by atoms with Crippen LogP contribution in [0.5, 0.6) is 0 Å². The standard InChI is InChI=1S/C38H31N/c1-2-9-28(10-3-1)35-18-19-36-26-33-14-6-4-11-29(33)15-8-24-39(38(36)27-35)37-22-20-31(21-23-37)34-17-16-30-12-5-7-13-32(30)25-34/h1-2,4-7,9,11-23,25-27H,3,8,10,24H2/b29-15-,33-26+. The van der Waals surface area contributed by atoms with Crippen molar-refractivity contribution in [1.82, 2.24) is 0 Å². The molecule has 5 aromatic carbocycles. The van der Waals surface area contributed by atoms with Gasteiger partial charge in [0.1, 0.15) is 0 Å². The lowest BCUT2D eigenvalue weighted by Crippen LogP contribution is -2.23. The molecule has 0 saturated carbocycles. The van der Waals surface area contributed by atoms with Gasteiger partial charge in [0.25, 0.3) is 0 Å². The van der Waals surface area contributed by atoms with E-state index in [-0.39, 0.29) is 0 Å². The molecule has 7 rings (SSSR count). The molecule has 1 aliphatic heterocycles. The van der Waals surface area contributed by atoms with Crippen LogP contribution in [0.25, 0.3) is 39.6 Å². The number of fused-ring (bicyclic) bond motifs is 3. The van der Waals surface area contributed by atoms with E-state index in [9.17, 15) is 0 Å². The summed E-state index contributed by atoms with van der Waals surface area (Å²) in [7, 11) is 0. The van der Waals surface area contributed by atoms with Crippen molar-refractivity contribution in [2.45, 2.75) is 19.3 Å². The number of hydrogen-bond acceptors (Lipinski definition) is 1. The van der Waals surface area contributed by atoms with E-state index in [1.807, 2.05) is 0 Å². The van der Waals surface area contributed by atoms with Gasteiger partial charge in [0, 0.05) is 17.9 Å². The lowest BCUT2D eigenvalue weighted by atomic mass is 9.95. The summed E-state index contributed by atoms with van der Waals surface area (Å²) in [5, 5.41) is 5.14. The molecule has 0 spiro atoms. The second-order valence-electron chi connectivity index (χ2n) is 10.5. The summed E-state index contributed by atoms with van der Waals surface area (Å²) in [5.41, 5.74) is 8.98. The minimum absolute atomic E-state index is 0.924. The van der Waals surface area contributed by atoms with E-state index in [1.165, 1.54) is 60.4 Å². The van der Waals surface area contributed by atoms with Crippen LogP contribution in [-0.4, -0.2) is 6.54 Å². The number of benzene rings is 5. The second kappa shape index (κ2) is 10.3. The van der Waals surface area contributed by atoms with Crippen LogP contribution in [0, 0.1) is 0 Å². The minimum Gasteiger partial charge on any atom is -0.341 e. The summed E-state index contributed by atoms with van der Waals surface area (Å²) in [6, 6.07) is 40.2. The molecule has 2 aliphatic rings. The number of rotatable bonds is 3. The van der Waals surface area contributed by atoms with Gasteiger partial charge in [-0.15, -0.1) is 0 Å². The number of hydrogen-bond donors (Lipinski definition) is 0. The molecular weight excluding hydrogens is 470 g/mol. The molecule has 1 nitrogen and oxygen atoms in total. The highest BCUT2D eigenvalue weighted by Gasteiger charge is 2.16. The van der Waals surface area contributed by atoms with Gasteiger partial charge in [0.2, 0.25) is 0 Å². The zero-order valence-corrected chi connectivity index (χ0v) is 22.1. The van der Waals surface area contributed by atoms with Crippen LogP contribution in [0.1, 0.15) is 30.4 Å². The molecule has 1 aliphatic carbocycles. The largest absolute Gasteiger partial charge is 0.341 e. The van der Waals surface area contributed by atoms with Crippen LogP contribution in [0.3, 0.4) is 0 Å². The monoisotopic (exact) mass is 501 g/mol. The number of anilines is 2. The predicted molar refractivity (Wildman–Crippen MR) is 168 cm³/mol. The first kappa shape index (κ1) is 23.5. The van der Waals surface area contributed by atoms with E-state index >= 15 is 0 Å². The molecule has 0 unspecified atom stereocenters. The van der Waals surface area contributed by atoms with E-state index < -0.39 is 0 Å². The lowest BCUT2D eigenvalue weighted by Gasteiger charge is -2.27. The Morgan fingerprint density at radius 3 is 2.21 bits per heavy atom. The highest BCUT2D eigenvalue weighted by atomic mass is 15.1. The quantitative estimate of drug-likeness (QED) is 0.240. The average molecular weight is 502 g/mol. The summed E-state index contributed by atoms with van der Waals surface area (Å²) in [4.78, 5) is 2.50. The van der Waals surface area contributed by atoms with Gasteiger partial charge in [0.15, 0.2) is 0 Å². The van der Waals surface area contributed by atoms with Crippen molar-refractivity contribution in [2.24, 2.45) is 0 Å². The Morgan fingerprint density at radius 2 is 1.36 bits per heavy atom. The highest BCUT2D eigenvalue weighted by Crippen LogP contribution is 2.35. The SMILES string of the molecule is C1=CCCC(c2ccc3c(c2)N(c2ccc(-c4ccc5ccccc5c4)cc2)CC/C=c2/cccc/c2=C\3)=C1. The highest BCUT2D eigenvalue weighted by molar-refractivity contribution is 5.88. The molecule has 5 aromatic rings. The van der Waals surface area contributed by atoms with Crippen LogP contribution in [0.2, 0.25) is 0 Å². The molecule has 39 heavy (non-hydrogen) atoms. The van der Waals surface area contributed by atoms with Crippen molar-refractivity contribution in [3.8, 4) is 11.1 Å². The molecule has 0 bridgehead atoms. The second-order valence-corrected chi connectivity index (χ2v) is 10.5. The van der Waals surface area contributed by atoms with E-state index in [2.05, 4.69) is 144 Å². The van der Waals surface area contributed by atoms with Gasteiger partial charge in [-0.25, -0.2) is 0 Å². The molecule has 1 heterocycles. The van der Waals surface area contributed by atoms with Crippen molar-refractivity contribution in [1.29, 1.82) is 0 Å². The van der Waals surface area contributed by atoms with E-state index in [4.69, 9.17) is 0 Å². The van der Waals surface area contributed by atoms with Crippen LogP contribution in [-0.2, 0) is 0 Å². The van der Waals surface area contributed by atoms with Gasteiger partial charge < -0.3 is 4.90 Å². The first-order valence-electron chi connectivity index (χ1n) is 14.0. The third kappa shape index (κ3) is 4.73. The smallest absolute Gasteiger partial charge is 0.0490 e. The Morgan fingerprint density at radius 1 is 0.590 bits per heavy atom. The Bertz CT molecular complexity index is 1850. The lowest BCUT2D eigenvalue weighted by molar-refractivity contribution is 0.962. The normalized spacial score (nSPS) is 16.4. The Hall–Kier alpha value is -4.62. The summed E-state index contributed by atoms with van der Waals surface area (Å²) in [6.45, 7) is 0.924. The Kier molecular flexibility index (Phi) is 6.19. The Balaban J connectivity index is 1.32. The van der Waals surface area contributed by atoms with Gasteiger partial charge >= 0.3 is 0 Å².